The highest BCUT2D eigenvalue weighted by Gasteiger charge is 2.18. The Morgan fingerprint density at radius 2 is 1.88 bits per heavy atom. The molecule has 0 fully saturated rings. The minimum Gasteiger partial charge on any atom is -0.340 e. The Labute approximate surface area is 160 Å². The maximum absolute atomic E-state index is 13.0. The van der Waals surface area contributed by atoms with E-state index < -0.39 is 0 Å². The van der Waals surface area contributed by atoms with Gasteiger partial charge in [-0.05, 0) is 36.6 Å². The maximum Gasteiger partial charge on any atom is 0.272 e. The van der Waals surface area contributed by atoms with Crippen molar-refractivity contribution >= 4 is 30.7 Å². The van der Waals surface area contributed by atoms with E-state index in [1.807, 2.05) is 0 Å². The number of benzene rings is 1. The molecule has 25 heavy (non-hydrogen) atoms. The van der Waals surface area contributed by atoms with Crippen LogP contribution in [0.25, 0.3) is 5.69 Å². The van der Waals surface area contributed by atoms with Gasteiger partial charge in [-0.3, -0.25) is 9.36 Å². The van der Waals surface area contributed by atoms with Crippen molar-refractivity contribution in [1.29, 1.82) is 0 Å². The molecule has 1 unspecified atom stereocenters. The average molecular weight is 391 g/mol. The molecule has 140 valence electrons. The molecule has 0 radical (unpaired) electrons. The topological polar surface area (TPSA) is 64.2 Å². The highest BCUT2D eigenvalue weighted by molar-refractivity contribution is 5.92. The number of imidazole rings is 1. The van der Waals surface area contributed by atoms with Crippen LogP contribution < -0.4 is 5.73 Å². The zero-order chi connectivity index (χ0) is 17.0. The molecule has 2 aromatic rings. The summed E-state index contributed by atoms with van der Waals surface area (Å²) in [4.78, 5) is 18.3. The molecule has 0 aliphatic heterocycles. The monoisotopic (exact) mass is 390 g/mol. The fraction of sp³-hybridized carbons (Fsp3) is 0.412. The van der Waals surface area contributed by atoms with Gasteiger partial charge in [-0.2, -0.15) is 0 Å². The van der Waals surface area contributed by atoms with E-state index in [1.54, 1.807) is 35.0 Å². The Morgan fingerprint density at radius 3 is 2.44 bits per heavy atom. The third-order valence-electron chi connectivity index (χ3n) is 3.96. The van der Waals surface area contributed by atoms with Gasteiger partial charge in [-0.25, -0.2) is 9.37 Å². The quantitative estimate of drug-likeness (QED) is 0.822. The van der Waals surface area contributed by atoms with Crippen molar-refractivity contribution in [2.45, 2.75) is 26.3 Å². The summed E-state index contributed by atoms with van der Waals surface area (Å²) < 4.78 is 14.7. The van der Waals surface area contributed by atoms with Gasteiger partial charge in [0.15, 0.2) is 0 Å². The molecule has 1 aromatic carbocycles. The molecule has 0 saturated carbocycles. The Balaban J connectivity index is 0.00000288. The number of nitrogens with two attached hydrogens (primary N) is 1. The molecular formula is C17H25Cl2FN4O. The first-order valence-corrected chi connectivity index (χ1v) is 7.69. The largest absolute Gasteiger partial charge is 0.340 e. The van der Waals surface area contributed by atoms with Gasteiger partial charge >= 0.3 is 0 Å². The van der Waals surface area contributed by atoms with Gasteiger partial charge in [-0.15, -0.1) is 24.8 Å². The third kappa shape index (κ3) is 5.99. The minimum atomic E-state index is -0.318. The number of carbonyl (C=O) groups excluding carboxylic acids is 1. The zero-order valence-electron chi connectivity index (χ0n) is 14.6. The molecule has 0 spiro atoms. The van der Waals surface area contributed by atoms with Gasteiger partial charge in [0.1, 0.15) is 11.5 Å². The molecule has 8 heteroatoms. The van der Waals surface area contributed by atoms with Gasteiger partial charge in [0, 0.05) is 25.3 Å². The van der Waals surface area contributed by atoms with Crippen LogP contribution in [-0.4, -0.2) is 40.0 Å². The van der Waals surface area contributed by atoms with Gasteiger partial charge in [0.05, 0.1) is 12.5 Å². The first kappa shape index (κ1) is 23.4. The van der Waals surface area contributed by atoms with Gasteiger partial charge in [0.25, 0.3) is 5.91 Å². The number of hydrogen-bond acceptors (Lipinski definition) is 3. The molecule has 5 nitrogen and oxygen atoms in total. The van der Waals surface area contributed by atoms with E-state index in [9.17, 15) is 9.18 Å². The van der Waals surface area contributed by atoms with E-state index in [-0.39, 0.29) is 42.6 Å². The van der Waals surface area contributed by atoms with Gasteiger partial charge in [0.2, 0.25) is 0 Å². The lowest BCUT2D eigenvalue weighted by molar-refractivity contribution is 0.0781. The lowest BCUT2D eigenvalue weighted by Gasteiger charge is -2.22. The highest BCUT2D eigenvalue weighted by atomic mass is 35.5. The Bertz CT molecular complexity index is 661. The predicted molar refractivity (Wildman–Crippen MR) is 102 cm³/mol. The number of aromatic nitrogens is 2. The average Bonchev–Trinajstić information content (AvgIpc) is 3.01. The van der Waals surface area contributed by atoms with E-state index in [1.165, 1.54) is 18.3 Å². The van der Waals surface area contributed by atoms with Crippen molar-refractivity contribution in [3.63, 3.8) is 0 Å². The summed E-state index contributed by atoms with van der Waals surface area (Å²) in [6.07, 6.45) is 3.81. The van der Waals surface area contributed by atoms with Crippen molar-refractivity contribution < 1.29 is 9.18 Å². The van der Waals surface area contributed by atoms with E-state index in [0.29, 0.717) is 23.8 Å². The number of carbonyl (C=O) groups is 1. The van der Waals surface area contributed by atoms with Crippen LogP contribution >= 0.6 is 24.8 Å². The SMILES string of the molecule is CC(C)C(N)CCN(C)C(=O)c1cncn1-c1ccc(F)cc1.Cl.Cl. The number of amides is 1. The lowest BCUT2D eigenvalue weighted by Crippen LogP contribution is -2.35. The van der Waals surface area contributed by atoms with Crippen molar-refractivity contribution in [2.75, 3.05) is 13.6 Å². The molecule has 2 N–H and O–H groups in total. The fourth-order valence-corrected chi connectivity index (χ4v) is 2.23. The molecule has 2 rings (SSSR count). The highest BCUT2D eigenvalue weighted by Crippen LogP contribution is 2.14. The fourth-order valence-electron chi connectivity index (χ4n) is 2.23. The first-order valence-electron chi connectivity index (χ1n) is 7.69. The van der Waals surface area contributed by atoms with Crippen LogP contribution in [-0.2, 0) is 0 Å². The van der Waals surface area contributed by atoms with E-state index >= 15 is 0 Å². The van der Waals surface area contributed by atoms with Crippen molar-refractivity contribution in [3.05, 3.63) is 48.3 Å². The standard InChI is InChI=1S/C17H23FN4O.2ClH/c1-12(2)15(19)8-9-21(3)17(23)16-10-20-11-22(16)14-6-4-13(18)5-7-14;;/h4-7,10-12,15H,8-9,19H2,1-3H3;2*1H. The minimum absolute atomic E-state index is 0. The van der Waals surface area contributed by atoms with E-state index in [4.69, 9.17) is 5.73 Å². The molecule has 1 atom stereocenters. The maximum atomic E-state index is 13.0. The van der Waals surface area contributed by atoms with Crippen LogP contribution in [0.2, 0.25) is 0 Å². The molecular weight excluding hydrogens is 366 g/mol. The Morgan fingerprint density at radius 1 is 1.28 bits per heavy atom. The molecule has 0 saturated heterocycles. The predicted octanol–water partition coefficient (Wildman–Crippen LogP) is 3.30. The van der Waals surface area contributed by atoms with Crippen LogP contribution in [0.5, 0.6) is 0 Å². The normalized spacial score (nSPS) is 11.4. The summed E-state index contributed by atoms with van der Waals surface area (Å²) in [6, 6.07) is 6.00. The number of nitrogens with zero attached hydrogens (tertiary/aromatic N) is 3. The second-order valence-electron chi connectivity index (χ2n) is 6.05. The van der Waals surface area contributed by atoms with Crippen LogP contribution in [0, 0.1) is 11.7 Å². The first-order chi connectivity index (χ1) is 10.9. The molecule has 0 aliphatic rings. The van der Waals surface area contributed by atoms with E-state index in [0.717, 1.165) is 6.42 Å². The molecule has 1 aromatic heterocycles. The Hall–Kier alpha value is -1.63. The van der Waals surface area contributed by atoms with Crippen molar-refractivity contribution in [1.82, 2.24) is 14.5 Å². The smallest absolute Gasteiger partial charge is 0.272 e. The Kier molecular flexibility index (Phi) is 9.70. The summed E-state index contributed by atoms with van der Waals surface area (Å²) in [5.41, 5.74) is 7.16. The zero-order valence-corrected chi connectivity index (χ0v) is 16.2. The summed E-state index contributed by atoms with van der Waals surface area (Å²) >= 11 is 0. The van der Waals surface area contributed by atoms with Crippen LogP contribution in [0.15, 0.2) is 36.8 Å². The summed E-state index contributed by atoms with van der Waals surface area (Å²) in [5.74, 6) is -0.0763. The second kappa shape index (κ2) is 10.4. The van der Waals surface area contributed by atoms with Gasteiger partial charge < -0.3 is 10.6 Å². The van der Waals surface area contributed by atoms with Gasteiger partial charge in [-0.1, -0.05) is 13.8 Å². The third-order valence-corrected chi connectivity index (χ3v) is 3.96. The molecule has 1 heterocycles. The number of hydrogen-bond donors (Lipinski definition) is 1. The summed E-state index contributed by atoms with van der Waals surface area (Å²) in [6.45, 7) is 4.71. The van der Waals surface area contributed by atoms with Crippen molar-refractivity contribution in [3.8, 4) is 5.69 Å². The second-order valence-corrected chi connectivity index (χ2v) is 6.05. The lowest BCUT2D eigenvalue weighted by atomic mass is 10.0. The molecule has 0 aliphatic carbocycles. The molecule has 1 amide bonds. The number of rotatable bonds is 6. The van der Waals surface area contributed by atoms with Crippen LogP contribution in [0.4, 0.5) is 4.39 Å². The van der Waals surface area contributed by atoms with E-state index in [2.05, 4.69) is 18.8 Å². The van der Waals surface area contributed by atoms with Crippen LogP contribution in [0.3, 0.4) is 0 Å². The molecule has 0 bridgehead atoms. The summed E-state index contributed by atoms with van der Waals surface area (Å²) in [7, 11) is 1.75. The summed E-state index contributed by atoms with van der Waals surface area (Å²) in [5, 5.41) is 0. The number of halogens is 3. The van der Waals surface area contributed by atoms with Crippen LogP contribution in [0.1, 0.15) is 30.8 Å². The van der Waals surface area contributed by atoms with Crippen molar-refractivity contribution in [2.24, 2.45) is 11.7 Å².